The highest BCUT2D eigenvalue weighted by molar-refractivity contribution is 5.75. The van der Waals surface area contributed by atoms with E-state index in [2.05, 4.69) is 5.32 Å². The van der Waals surface area contributed by atoms with Crippen LogP contribution < -0.4 is 10.1 Å². The lowest BCUT2D eigenvalue weighted by Crippen LogP contribution is -2.21. The van der Waals surface area contributed by atoms with E-state index < -0.39 is 5.97 Å². The Morgan fingerprint density at radius 1 is 1.41 bits per heavy atom. The van der Waals surface area contributed by atoms with Gasteiger partial charge in [0.1, 0.15) is 5.75 Å². The molecule has 0 aliphatic carbocycles. The maximum atomic E-state index is 11.1. The SMILES string of the molecule is CCC(=O)NCc1cccc(OCC(=O)O)c1. The third-order valence-corrected chi connectivity index (χ3v) is 2.07. The number of benzene rings is 1. The zero-order chi connectivity index (χ0) is 12.7. The summed E-state index contributed by atoms with van der Waals surface area (Å²) < 4.78 is 5.03. The van der Waals surface area contributed by atoms with E-state index in [0.29, 0.717) is 18.7 Å². The smallest absolute Gasteiger partial charge is 0.341 e. The number of nitrogens with one attached hydrogen (secondary N) is 1. The lowest BCUT2D eigenvalue weighted by Gasteiger charge is -2.07. The Kier molecular flexibility index (Phi) is 5.00. The van der Waals surface area contributed by atoms with Crippen LogP contribution in [0, 0.1) is 0 Å². The van der Waals surface area contributed by atoms with Gasteiger partial charge < -0.3 is 15.2 Å². The molecule has 92 valence electrons. The zero-order valence-electron chi connectivity index (χ0n) is 9.60. The molecule has 0 aliphatic rings. The monoisotopic (exact) mass is 237 g/mol. The summed E-state index contributed by atoms with van der Waals surface area (Å²) in [6, 6.07) is 6.97. The summed E-state index contributed by atoms with van der Waals surface area (Å²) >= 11 is 0. The number of rotatable bonds is 6. The van der Waals surface area contributed by atoms with Crippen LogP contribution in [0.25, 0.3) is 0 Å². The number of carbonyl (C=O) groups excluding carboxylic acids is 1. The van der Waals surface area contributed by atoms with Gasteiger partial charge >= 0.3 is 5.97 Å². The third-order valence-electron chi connectivity index (χ3n) is 2.07. The standard InChI is InChI=1S/C12H15NO4/c1-2-11(14)13-7-9-4-3-5-10(6-9)17-8-12(15)16/h3-6H,2,7-8H2,1H3,(H,13,14)(H,15,16). The van der Waals surface area contributed by atoms with Crippen LogP contribution in [-0.4, -0.2) is 23.6 Å². The first-order valence-electron chi connectivity index (χ1n) is 5.32. The molecule has 0 saturated carbocycles. The van der Waals surface area contributed by atoms with E-state index in [1.165, 1.54) is 0 Å². The van der Waals surface area contributed by atoms with Crippen molar-refractivity contribution in [2.75, 3.05) is 6.61 Å². The Bertz CT molecular complexity index is 403. The fourth-order valence-electron chi connectivity index (χ4n) is 1.22. The van der Waals surface area contributed by atoms with Gasteiger partial charge in [0, 0.05) is 13.0 Å². The summed E-state index contributed by atoms with van der Waals surface area (Å²) in [6.45, 7) is 1.82. The molecule has 1 amide bonds. The first kappa shape index (κ1) is 13.0. The van der Waals surface area contributed by atoms with Gasteiger partial charge in [0.05, 0.1) is 0 Å². The van der Waals surface area contributed by atoms with E-state index in [4.69, 9.17) is 9.84 Å². The molecule has 0 bridgehead atoms. The van der Waals surface area contributed by atoms with Gasteiger partial charge in [-0.3, -0.25) is 4.79 Å². The van der Waals surface area contributed by atoms with Gasteiger partial charge in [-0.05, 0) is 17.7 Å². The fraction of sp³-hybridized carbons (Fsp3) is 0.333. The lowest BCUT2D eigenvalue weighted by atomic mass is 10.2. The summed E-state index contributed by atoms with van der Waals surface area (Å²) in [7, 11) is 0. The number of carboxylic acid groups (broad SMARTS) is 1. The van der Waals surface area contributed by atoms with Crippen molar-refractivity contribution in [3.8, 4) is 5.75 Å². The number of carbonyl (C=O) groups is 2. The topological polar surface area (TPSA) is 75.6 Å². The van der Waals surface area contributed by atoms with Crippen LogP contribution in [-0.2, 0) is 16.1 Å². The second-order valence-electron chi connectivity index (χ2n) is 3.46. The normalized spacial score (nSPS) is 9.71. The van der Waals surface area contributed by atoms with Gasteiger partial charge in [0.2, 0.25) is 5.91 Å². The van der Waals surface area contributed by atoms with E-state index in [9.17, 15) is 9.59 Å². The van der Waals surface area contributed by atoms with Crippen LogP contribution in [0.1, 0.15) is 18.9 Å². The number of hydrogen-bond acceptors (Lipinski definition) is 3. The van der Waals surface area contributed by atoms with Gasteiger partial charge in [-0.1, -0.05) is 19.1 Å². The lowest BCUT2D eigenvalue weighted by molar-refractivity contribution is -0.139. The quantitative estimate of drug-likeness (QED) is 0.778. The molecular weight excluding hydrogens is 222 g/mol. The van der Waals surface area contributed by atoms with E-state index >= 15 is 0 Å². The minimum atomic E-state index is -1.02. The summed E-state index contributed by atoms with van der Waals surface area (Å²) in [5, 5.41) is 11.2. The summed E-state index contributed by atoms with van der Waals surface area (Å²) in [4.78, 5) is 21.4. The molecule has 0 aromatic heterocycles. The molecule has 0 fully saturated rings. The molecule has 0 heterocycles. The Morgan fingerprint density at radius 2 is 2.18 bits per heavy atom. The molecular formula is C12H15NO4. The van der Waals surface area contributed by atoms with Crippen molar-refractivity contribution in [2.45, 2.75) is 19.9 Å². The molecule has 17 heavy (non-hydrogen) atoms. The summed E-state index contributed by atoms with van der Waals surface area (Å²) in [5.41, 5.74) is 0.870. The van der Waals surface area contributed by atoms with Crippen molar-refractivity contribution in [1.29, 1.82) is 0 Å². The van der Waals surface area contributed by atoms with Crippen molar-refractivity contribution < 1.29 is 19.4 Å². The van der Waals surface area contributed by atoms with E-state index in [1.807, 2.05) is 6.07 Å². The van der Waals surface area contributed by atoms with Gasteiger partial charge in [0.15, 0.2) is 6.61 Å². The summed E-state index contributed by atoms with van der Waals surface area (Å²) in [6.07, 6.45) is 0.440. The predicted molar refractivity (Wildman–Crippen MR) is 61.7 cm³/mol. The highest BCUT2D eigenvalue weighted by Gasteiger charge is 2.01. The number of hydrogen-bond donors (Lipinski definition) is 2. The highest BCUT2D eigenvalue weighted by atomic mass is 16.5. The number of aliphatic carboxylic acids is 1. The van der Waals surface area contributed by atoms with E-state index in [1.54, 1.807) is 25.1 Å². The van der Waals surface area contributed by atoms with Crippen LogP contribution >= 0.6 is 0 Å². The average molecular weight is 237 g/mol. The number of amides is 1. The van der Waals surface area contributed by atoms with Gasteiger partial charge in [0.25, 0.3) is 0 Å². The summed E-state index contributed by atoms with van der Waals surface area (Å²) in [5.74, 6) is -0.563. The average Bonchev–Trinajstić information content (AvgIpc) is 2.34. The first-order valence-corrected chi connectivity index (χ1v) is 5.32. The second kappa shape index (κ2) is 6.52. The minimum absolute atomic E-state index is 0.0261. The van der Waals surface area contributed by atoms with Crippen LogP contribution in [0.15, 0.2) is 24.3 Å². The van der Waals surface area contributed by atoms with Crippen LogP contribution in [0.4, 0.5) is 0 Å². The molecule has 0 radical (unpaired) electrons. The molecule has 0 spiro atoms. The van der Waals surface area contributed by atoms with E-state index in [0.717, 1.165) is 5.56 Å². The zero-order valence-corrected chi connectivity index (χ0v) is 9.60. The molecule has 2 N–H and O–H groups in total. The molecule has 5 heteroatoms. The molecule has 0 saturated heterocycles. The van der Waals surface area contributed by atoms with Crippen molar-refractivity contribution in [2.24, 2.45) is 0 Å². The third kappa shape index (κ3) is 5.01. The van der Waals surface area contributed by atoms with Gasteiger partial charge in [-0.15, -0.1) is 0 Å². The molecule has 0 atom stereocenters. The Balaban J connectivity index is 2.53. The Labute approximate surface area is 99.4 Å². The van der Waals surface area contributed by atoms with Crippen molar-refractivity contribution in [1.82, 2.24) is 5.32 Å². The van der Waals surface area contributed by atoms with Crippen LogP contribution in [0.3, 0.4) is 0 Å². The molecule has 0 aliphatic heterocycles. The Morgan fingerprint density at radius 3 is 2.82 bits per heavy atom. The van der Waals surface area contributed by atoms with E-state index in [-0.39, 0.29) is 12.5 Å². The largest absolute Gasteiger partial charge is 0.482 e. The van der Waals surface area contributed by atoms with Crippen molar-refractivity contribution >= 4 is 11.9 Å². The van der Waals surface area contributed by atoms with Crippen LogP contribution in [0.2, 0.25) is 0 Å². The molecule has 1 aromatic carbocycles. The second-order valence-corrected chi connectivity index (χ2v) is 3.46. The minimum Gasteiger partial charge on any atom is -0.482 e. The van der Waals surface area contributed by atoms with Gasteiger partial charge in [-0.2, -0.15) is 0 Å². The molecule has 1 rings (SSSR count). The molecule has 0 unspecified atom stereocenters. The maximum Gasteiger partial charge on any atom is 0.341 e. The van der Waals surface area contributed by atoms with Crippen molar-refractivity contribution in [3.05, 3.63) is 29.8 Å². The molecule has 5 nitrogen and oxygen atoms in total. The Hall–Kier alpha value is -2.04. The highest BCUT2D eigenvalue weighted by Crippen LogP contribution is 2.13. The van der Waals surface area contributed by atoms with Crippen LogP contribution in [0.5, 0.6) is 5.75 Å². The predicted octanol–water partition coefficient (Wildman–Crippen LogP) is 1.18. The maximum absolute atomic E-state index is 11.1. The number of ether oxygens (including phenoxy) is 1. The van der Waals surface area contributed by atoms with Gasteiger partial charge in [-0.25, -0.2) is 4.79 Å². The fourth-order valence-corrected chi connectivity index (χ4v) is 1.22. The van der Waals surface area contributed by atoms with Crippen molar-refractivity contribution in [3.63, 3.8) is 0 Å². The molecule has 1 aromatic rings. The number of carboxylic acids is 1. The first-order chi connectivity index (χ1) is 8.11.